The first kappa shape index (κ1) is 45.4. The summed E-state index contributed by atoms with van der Waals surface area (Å²) in [5.41, 5.74) is 2.86. The van der Waals surface area contributed by atoms with E-state index in [1.165, 1.54) is 10.7 Å². The SMILES string of the molecule is CCN(CCNS(C)(=O)=O)c1ccc(N=C2C(C(C)(C)C)=Nn3c2nnc3C(C)NC(=O)c2cc(SOO[O-])cc(S(=O)(=O)[O-])c2)c(C)c1.[Na+].[Na+]. The summed E-state index contributed by atoms with van der Waals surface area (Å²) in [6, 6.07) is 8.00. The van der Waals surface area contributed by atoms with Crippen molar-refractivity contribution in [2.45, 2.75) is 57.4 Å². The summed E-state index contributed by atoms with van der Waals surface area (Å²) in [4.78, 5) is 19.5. The second-order valence-corrected chi connectivity index (χ2v) is 16.1. The summed E-state index contributed by atoms with van der Waals surface area (Å²) >= 11 is 0.326. The van der Waals surface area contributed by atoms with Gasteiger partial charge in [-0.1, -0.05) is 20.8 Å². The van der Waals surface area contributed by atoms with E-state index in [0.29, 0.717) is 48.1 Å². The minimum atomic E-state index is -4.96. The van der Waals surface area contributed by atoms with Crippen molar-refractivity contribution < 1.29 is 99.9 Å². The van der Waals surface area contributed by atoms with Crippen LogP contribution in [0.25, 0.3) is 0 Å². The number of carbonyl (C=O) groups is 1. The standard InChI is InChI=1S/C29H38N8O9S3.2Na/c1-8-36(12-11-30-48(7,40)41)20-9-10-23(17(2)13-20)32-24-25(29(4,5)6)35-37-26(33-34-27(24)37)18(3)31-28(38)19-14-21(47-46-45-39)16-22(15-19)49(42,43)44;;/h9-10,13-16,18,30,39H,8,11-12H2,1-7H3,(H,31,38)(H,42,43,44);;/q;2*+1/p-2. The molecule has 2 N–H and O–H groups in total. The normalized spacial score (nSPS) is 14.3. The van der Waals surface area contributed by atoms with Gasteiger partial charge in [-0.05, 0) is 62.7 Å². The van der Waals surface area contributed by atoms with Gasteiger partial charge in [-0.15, -0.1) is 10.2 Å². The van der Waals surface area contributed by atoms with Crippen LogP contribution in [0, 0.1) is 12.3 Å². The number of aliphatic imine (C=N–C) groups is 1. The van der Waals surface area contributed by atoms with Crippen LogP contribution in [0.1, 0.15) is 68.2 Å². The van der Waals surface area contributed by atoms with Gasteiger partial charge in [-0.25, -0.2) is 26.6 Å². The predicted octanol–water partition coefficient (Wildman–Crippen LogP) is -4.02. The van der Waals surface area contributed by atoms with Crippen LogP contribution in [-0.4, -0.2) is 79.5 Å². The third-order valence-electron chi connectivity index (χ3n) is 7.24. The molecule has 0 radical (unpaired) electrons. The Morgan fingerprint density at radius 3 is 2.37 bits per heavy atom. The summed E-state index contributed by atoms with van der Waals surface area (Å²) in [6.45, 7) is 12.8. The monoisotopic (exact) mass is 782 g/mol. The van der Waals surface area contributed by atoms with Gasteiger partial charge in [0.05, 0.1) is 40.6 Å². The van der Waals surface area contributed by atoms with E-state index in [4.69, 9.17) is 10.1 Å². The zero-order valence-electron chi connectivity index (χ0n) is 29.7. The number of rotatable bonds is 14. The van der Waals surface area contributed by atoms with E-state index in [0.717, 1.165) is 29.6 Å². The number of aryl methyl sites for hydroxylation is 1. The Bertz CT molecular complexity index is 2020. The molecule has 2 aromatic carbocycles. The molecule has 0 spiro atoms. The quantitative estimate of drug-likeness (QED) is 0.0523. The average molecular weight is 783 g/mol. The summed E-state index contributed by atoms with van der Waals surface area (Å²) in [6.07, 6.45) is 1.12. The van der Waals surface area contributed by atoms with Gasteiger partial charge in [-0.3, -0.25) is 9.83 Å². The number of carbonyl (C=O) groups excluding carboxylic acids is 1. The van der Waals surface area contributed by atoms with Crippen molar-refractivity contribution in [3.05, 3.63) is 59.2 Å². The van der Waals surface area contributed by atoms with Crippen molar-refractivity contribution in [1.29, 1.82) is 0 Å². The molecule has 266 valence electrons. The molecule has 1 aromatic heterocycles. The fourth-order valence-corrected chi connectivity index (χ4v) is 6.42. The van der Waals surface area contributed by atoms with Crippen molar-refractivity contribution in [3.63, 3.8) is 0 Å². The smallest absolute Gasteiger partial charge is 0.744 e. The van der Waals surface area contributed by atoms with Crippen molar-refractivity contribution >= 4 is 60.9 Å². The van der Waals surface area contributed by atoms with E-state index < -0.39 is 42.4 Å². The van der Waals surface area contributed by atoms with Crippen LogP contribution >= 0.6 is 12.0 Å². The maximum atomic E-state index is 13.2. The average Bonchev–Trinajstić information content (AvgIpc) is 3.58. The Morgan fingerprint density at radius 2 is 1.80 bits per heavy atom. The molecular formula is C29H36N8Na2O9S3. The van der Waals surface area contributed by atoms with Crippen LogP contribution in [0.4, 0.5) is 11.4 Å². The molecule has 22 heteroatoms. The first-order valence-electron chi connectivity index (χ1n) is 14.8. The number of nitrogens with zero attached hydrogens (tertiary/aromatic N) is 6. The van der Waals surface area contributed by atoms with Crippen molar-refractivity contribution in [3.8, 4) is 0 Å². The minimum Gasteiger partial charge on any atom is -0.744 e. The molecule has 1 unspecified atom stereocenters. The second kappa shape index (κ2) is 18.5. The summed E-state index contributed by atoms with van der Waals surface area (Å²) in [5.74, 6) is -0.149. The molecule has 0 saturated carbocycles. The van der Waals surface area contributed by atoms with Crippen LogP contribution in [0.3, 0.4) is 0 Å². The topological polar surface area (TPSA) is 233 Å². The minimum absolute atomic E-state index is 0. The molecular weight excluding hydrogens is 747 g/mol. The largest absolute Gasteiger partial charge is 1.00 e. The van der Waals surface area contributed by atoms with Gasteiger partial charge in [0.25, 0.3) is 5.91 Å². The molecule has 0 aliphatic carbocycles. The van der Waals surface area contributed by atoms with Gasteiger partial charge in [0.15, 0.2) is 5.82 Å². The molecule has 1 aliphatic rings. The number of sulfonamides is 1. The Morgan fingerprint density at radius 1 is 1.12 bits per heavy atom. The summed E-state index contributed by atoms with van der Waals surface area (Å²) in [7, 11) is -8.26. The zero-order valence-corrected chi connectivity index (χ0v) is 36.2. The Labute approximate surface area is 345 Å². The fraction of sp³-hybridized carbons (Fsp3) is 0.414. The third-order valence-corrected chi connectivity index (χ3v) is 9.33. The van der Waals surface area contributed by atoms with Gasteiger partial charge in [-0.2, -0.15) is 14.1 Å². The number of hydrogen-bond acceptors (Lipinski definition) is 15. The Hall–Kier alpha value is -1.76. The van der Waals surface area contributed by atoms with Gasteiger partial charge in [0, 0.05) is 41.2 Å². The molecule has 1 atom stereocenters. The van der Waals surface area contributed by atoms with E-state index in [2.05, 4.69) is 29.6 Å². The summed E-state index contributed by atoms with van der Waals surface area (Å²) in [5, 5.41) is 29.6. The number of fused-ring (bicyclic) bond motifs is 1. The van der Waals surface area contributed by atoms with Gasteiger partial charge in [0.2, 0.25) is 15.8 Å². The molecule has 2 heterocycles. The molecule has 0 fully saturated rings. The number of likely N-dealkylation sites (N-methyl/N-ethyl adjacent to an activating group) is 1. The number of amides is 1. The molecule has 1 aliphatic heterocycles. The predicted molar refractivity (Wildman–Crippen MR) is 179 cm³/mol. The van der Waals surface area contributed by atoms with Crippen LogP contribution in [0.15, 0.2) is 56.3 Å². The van der Waals surface area contributed by atoms with Gasteiger partial charge < -0.3 is 20.0 Å². The number of anilines is 1. The molecule has 4 rings (SSSR count). The molecule has 0 bridgehead atoms. The number of benzene rings is 2. The fourth-order valence-electron chi connectivity index (χ4n) is 4.88. The number of aromatic nitrogens is 3. The van der Waals surface area contributed by atoms with Crippen LogP contribution in [0.2, 0.25) is 0 Å². The maximum absolute atomic E-state index is 13.2. The van der Waals surface area contributed by atoms with Crippen molar-refractivity contribution in [1.82, 2.24) is 24.9 Å². The van der Waals surface area contributed by atoms with Crippen LogP contribution in [0.5, 0.6) is 0 Å². The number of nitrogens with one attached hydrogen (secondary N) is 2. The van der Waals surface area contributed by atoms with Gasteiger partial charge >= 0.3 is 59.1 Å². The number of hydrogen-bond donors (Lipinski definition) is 2. The van der Waals surface area contributed by atoms with E-state index in [-0.39, 0.29) is 81.9 Å². The third kappa shape index (κ3) is 11.9. The molecule has 51 heavy (non-hydrogen) atoms. The zero-order chi connectivity index (χ0) is 36.3. The molecule has 0 saturated heterocycles. The van der Waals surface area contributed by atoms with Crippen LogP contribution in [-0.2, 0) is 29.5 Å². The van der Waals surface area contributed by atoms with Crippen molar-refractivity contribution in [2.75, 3.05) is 30.8 Å². The van der Waals surface area contributed by atoms with Crippen molar-refractivity contribution in [2.24, 2.45) is 15.5 Å². The Balaban J connectivity index is 0.00000451. The molecule has 1 amide bonds. The molecule has 3 aromatic rings. The van der Waals surface area contributed by atoms with E-state index >= 15 is 0 Å². The summed E-state index contributed by atoms with van der Waals surface area (Å²) < 4.78 is 66.3. The van der Waals surface area contributed by atoms with E-state index in [1.807, 2.05) is 57.7 Å². The second-order valence-electron chi connectivity index (χ2n) is 12.1. The first-order valence-corrected chi connectivity index (χ1v) is 18.9. The molecule has 17 nitrogen and oxygen atoms in total. The van der Waals surface area contributed by atoms with E-state index in [9.17, 15) is 31.4 Å². The van der Waals surface area contributed by atoms with Gasteiger partial charge in [0.1, 0.15) is 15.8 Å². The maximum Gasteiger partial charge on any atom is 1.00 e. The van der Waals surface area contributed by atoms with E-state index in [1.54, 1.807) is 6.92 Å². The first-order chi connectivity index (χ1) is 22.8. The van der Waals surface area contributed by atoms with Crippen LogP contribution < -0.4 is 79.3 Å². The Kier molecular flexibility index (Phi) is 16.5.